The summed E-state index contributed by atoms with van der Waals surface area (Å²) in [6.45, 7) is 3.34. The number of nitrogens with one attached hydrogen (secondary N) is 2. The van der Waals surface area contributed by atoms with E-state index in [0.717, 1.165) is 12.8 Å². The van der Waals surface area contributed by atoms with E-state index in [2.05, 4.69) is 10.6 Å². The molecule has 1 aromatic heterocycles. The zero-order valence-corrected chi connectivity index (χ0v) is 16.5. The molecule has 1 heterocycles. The number of hydrogen-bond donors (Lipinski definition) is 3. The highest BCUT2D eigenvalue weighted by atomic mass is 16.4. The molecule has 0 fully saturated rings. The van der Waals surface area contributed by atoms with Crippen molar-refractivity contribution in [3.05, 3.63) is 52.8 Å². The van der Waals surface area contributed by atoms with Crippen LogP contribution >= 0.6 is 0 Å². The van der Waals surface area contributed by atoms with Gasteiger partial charge in [-0.15, -0.1) is 0 Å². The van der Waals surface area contributed by atoms with Gasteiger partial charge in [-0.25, -0.2) is 0 Å². The number of hydrogen-bond acceptors (Lipinski definition) is 5. The van der Waals surface area contributed by atoms with Gasteiger partial charge in [0.25, 0.3) is 11.8 Å². The number of benzene rings is 1. The Balaban J connectivity index is 1.75. The maximum atomic E-state index is 12.1. The lowest BCUT2D eigenvalue weighted by Gasteiger charge is -2.06. The SMILES string of the molecule is CC(=O)c1c(C)oc(NC(=O)CCCCCNC(=O)c2ccccc2)c1C(N)=O. The largest absolute Gasteiger partial charge is 0.444 e. The van der Waals surface area contributed by atoms with Crippen molar-refractivity contribution in [3.8, 4) is 0 Å². The van der Waals surface area contributed by atoms with Crippen molar-refractivity contribution >= 4 is 29.4 Å². The Morgan fingerprint density at radius 2 is 1.69 bits per heavy atom. The van der Waals surface area contributed by atoms with E-state index in [1.807, 2.05) is 6.07 Å². The number of rotatable bonds is 10. The number of primary amides is 1. The number of carbonyl (C=O) groups is 4. The third-order valence-electron chi connectivity index (χ3n) is 4.34. The van der Waals surface area contributed by atoms with Crippen LogP contribution in [0.25, 0.3) is 0 Å². The number of unbranched alkanes of at least 4 members (excludes halogenated alkanes) is 2. The van der Waals surface area contributed by atoms with E-state index in [0.29, 0.717) is 18.5 Å². The number of nitrogens with two attached hydrogens (primary N) is 1. The third-order valence-corrected chi connectivity index (χ3v) is 4.34. The van der Waals surface area contributed by atoms with Gasteiger partial charge in [0.2, 0.25) is 11.8 Å². The summed E-state index contributed by atoms with van der Waals surface area (Å²) in [5.74, 6) is -1.54. The summed E-state index contributed by atoms with van der Waals surface area (Å²) in [6.07, 6.45) is 2.27. The number of carbonyl (C=O) groups excluding carboxylic acids is 4. The fraction of sp³-hybridized carbons (Fsp3) is 0.333. The molecule has 0 bridgehead atoms. The Morgan fingerprint density at radius 1 is 1.00 bits per heavy atom. The van der Waals surface area contributed by atoms with Crippen molar-refractivity contribution in [1.82, 2.24) is 5.32 Å². The van der Waals surface area contributed by atoms with Crippen LogP contribution in [0.1, 0.15) is 69.4 Å². The van der Waals surface area contributed by atoms with E-state index in [4.69, 9.17) is 10.2 Å². The van der Waals surface area contributed by atoms with Gasteiger partial charge in [0.1, 0.15) is 11.3 Å². The molecule has 0 saturated carbocycles. The predicted molar refractivity (Wildman–Crippen MR) is 108 cm³/mol. The number of anilines is 1. The van der Waals surface area contributed by atoms with Crippen molar-refractivity contribution in [2.75, 3.05) is 11.9 Å². The van der Waals surface area contributed by atoms with Gasteiger partial charge in [0, 0.05) is 18.5 Å². The van der Waals surface area contributed by atoms with E-state index in [9.17, 15) is 19.2 Å². The maximum absolute atomic E-state index is 12.1. The normalized spacial score (nSPS) is 10.4. The molecule has 1 aromatic carbocycles. The van der Waals surface area contributed by atoms with Crippen LogP contribution in [-0.2, 0) is 4.79 Å². The zero-order chi connectivity index (χ0) is 21.4. The average molecular weight is 399 g/mol. The molecule has 0 unspecified atom stereocenters. The topological polar surface area (TPSA) is 132 Å². The van der Waals surface area contributed by atoms with Crippen molar-refractivity contribution in [1.29, 1.82) is 0 Å². The van der Waals surface area contributed by atoms with E-state index in [1.165, 1.54) is 13.8 Å². The van der Waals surface area contributed by atoms with Crippen molar-refractivity contribution in [2.24, 2.45) is 5.73 Å². The van der Waals surface area contributed by atoms with Crippen LogP contribution in [0.2, 0.25) is 0 Å². The van der Waals surface area contributed by atoms with Gasteiger partial charge < -0.3 is 15.5 Å². The highest BCUT2D eigenvalue weighted by Gasteiger charge is 2.25. The van der Waals surface area contributed by atoms with Crippen LogP contribution < -0.4 is 16.4 Å². The predicted octanol–water partition coefficient (Wildman–Crippen LogP) is 2.82. The van der Waals surface area contributed by atoms with Gasteiger partial charge >= 0.3 is 0 Å². The first-order valence-corrected chi connectivity index (χ1v) is 9.38. The second kappa shape index (κ2) is 10.2. The highest BCUT2D eigenvalue weighted by Crippen LogP contribution is 2.27. The zero-order valence-electron chi connectivity index (χ0n) is 16.5. The van der Waals surface area contributed by atoms with Gasteiger partial charge in [-0.1, -0.05) is 24.6 Å². The molecule has 29 heavy (non-hydrogen) atoms. The van der Waals surface area contributed by atoms with Crippen LogP contribution in [0.15, 0.2) is 34.7 Å². The third kappa shape index (κ3) is 6.03. The molecule has 8 nitrogen and oxygen atoms in total. The molecule has 8 heteroatoms. The second-order valence-corrected chi connectivity index (χ2v) is 6.64. The first-order chi connectivity index (χ1) is 13.8. The standard InChI is InChI=1S/C21H25N3O5/c1-13(25)17-14(2)29-21(18(17)19(22)27)24-16(26)11-7-4-8-12-23-20(28)15-9-5-3-6-10-15/h3,5-6,9-10H,4,7-8,11-12H2,1-2H3,(H2,22,27)(H,23,28)(H,24,26). The lowest BCUT2D eigenvalue weighted by molar-refractivity contribution is -0.116. The molecule has 0 aliphatic carbocycles. The van der Waals surface area contributed by atoms with Crippen LogP contribution in [-0.4, -0.2) is 30.0 Å². The summed E-state index contributed by atoms with van der Waals surface area (Å²) in [4.78, 5) is 47.4. The number of aryl methyl sites for hydroxylation is 1. The first-order valence-electron chi connectivity index (χ1n) is 9.38. The van der Waals surface area contributed by atoms with Gasteiger partial charge in [-0.2, -0.15) is 0 Å². The number of ketones is 1. The molecule has 3 amide bonds. The Morgan fingerprint density at radius 3 is 2.31 bits per heavy atom. The molecule has 0 radical (unpaired) electrons. The van der Waals surface area contributed by atoms with Crippen molar-refractivity contribution in [2.45, 2.75) is 39.5 Å². The quantitative estimate of drug-likeness (QED) is 0.417. The van der Waals surface area contributed by atoms with E-state index < -0.39 is 5.91 Å². The van der Waals surface area contributed by atoms with Crippen LogP contribution in [0, 0.1) is 6.92 Å². The Kier molecular flexibility index (Phi) is 7.70. The lowest BCUT2D eigenvalue weighted by atomic mass is 10.1. The van der Waals surface area contributed by atoms with Gasteiger partial charge in [0.15, 0.2) is 5.78 Å². The maximum Gasteiger partial charge on any atom is 0.255 e. The summed E-state index contributed by atoms with van der Waals surface area (Å²) in [7, 11) is 0. The van der Waals surface area contributed by atoms with Crippen molar-refractivity contribution in [3.63, 3.8) is 0 Å². The highest BCUT2D eigenvalue weighted by molar-refractivity contribution is 6.11. The summed E-state index contributed by atoms with van der Waals surface area (Å²) < 4.78 is 5.35. The first kappa shape index (κ1) is 21.9. The number of amides is 3. The Labute approximate surface area is 168 Å². The minimum Gasteiger partial charge on any atom is -0.444 e. The number of furan rings is 1. The molecular weight excluding hydrogens is 374 g/mol. The minimum atomic E-state index is -0.837. The van der Waals surface area contributed by atoms with Crippen LogP contribution in [0.5, 0.6) is 0 Å². The van der Waals surface area contributed by atoms with Gasteiger partial charge in [0.05, 0.1) is 5.56 Å². The Bertz CT molecular complexity index is 903. The molecular formula is C21H25N3O5. The molecule has 2 rings (SSSR count). The van der Waals surface area contributed by atoms with Gasteiger partial charge in [-0.05, 0) is 38.8 Å². The minimum absolute atomic E-state index is 0.0851. The molecule has 4 N–H and O–H groups in total. The van der Waals surface area contributed by atoms with Gasteiger partial charge in [-0.3, -0.25) is 24.5 Å². The summed E-state index contributed by atoms with van der Waals surface area (Å²) in [5.41, 5.74) is 5.91. The summed E-state index contributed by atoms with van der Waals surface area (Å²) in [6, 6.07) is 8.94. The molecule has 0 atom stereocenters. The van der Waals surface area contributed by atoms with E-state index in [1.54, 1.807) is 24.3 Å². The molecule has 0 spiro atoms. The summed E-state index contributed by atoms with van der Waals surface area (Å²) in [5, 5.41) is 5.34. The fourth-order valence-corrected chi connectivity index (χ4v) is 2.96. The monoisotopic (exact) mass is 399 g/mol. The van der Waals surface area contributed by atoms with E-state index in [-0.39, 0.29) is 46.8 Å². The van der Waals surface area contributed by atoms with Crippen LogP contribution in [0.4, 0.5) is 5.88 Å². The fourth-order valence-electron chi connectivity index (χ4n) is 2.96. The van der Waals surface area contributed by atoms with E-state index >= 15 is 0 Å². The lowest BCUT2D eigenvalue weighted by Crippen LogP contribution is -2.24. The van der Waals surface area contributed by atoms with Crippen LogP contribution in [0.3, 0.4) is 0 Å². The summed E-state index contributed by atoms with van der Waals surface area (Å²) >= 11 is 0. The molecule has 0 aliphatic heterocycles. The average Bonchev–Trinajstić information content (AvgIpc) is 3.01. The second-order valence-electron chi connectivity index (χ2n) is 6.64. The molecule has 0 saturated heterocycles. The molecule has 154 valence electrons. The number of Topliss-reactive ketones (excluding diaryl/α,β-unsaturated/α-hetero) is 1. The molecule has 0 aliphatic rings. The smallest absolute Gasteiger partial charge is 0.255 e. The van der Waals surface area contributed by atoms with Crippen molar-refractivity contribution < 1.29 is 23.6 Å². The Hall–Kier alpha value is -3.42. The molecule has 2 aromatic rings.